The number of rotatable bonds is 5. The van der Waals surface area contributed by atoms with Gasteiger partial charge in [0.25, 0.3) is 0 Å². The summed E-state index contributed by atoms with van der Waals surface area (Å²) in [5.74, 6) is 3.33. The molecule has 4 saturated carbocycles. The highest BCUT2D eigenvalue weighted by atomic mass is 16.6. The molecule has 2 heteroatoms. The predicted molar refractivity (Wildman–Crippen MR) is 80.1 cm³/mol. The maximum atomic E-state index is 12.0. The van der Waals surface area contributed by atoms with E-state index in [1.165, 1.54) is 38.2 Å². The summed E-state index contributed by atoms with van der Waals surface area (Å²) >= 11 is 0. The number of esters is 1. The van der Waals surface area contributed by atoms with E-state index < -0.39 is 0 Å². The fourth-order valence-corrected chi connectivity index (χ4v) is 5.98. The topological polar surface area (TPSA) is 26.3 Å². The Labute approximate surface area is 123 Å². The third kappa shape index (κ3) is 1.95. The van der Waals surface area contributed by atoms with Crippen molar-refractivity contribution in [1.29, 1.82) is 0 Å². The zero-order valence-corrected chi connectivity index (χ0v) is 12.9. The van der Waals surface area contributed by atoms with Crippen molar-refractivity contribution in [1.82, 2.24) is 0 Å². The third-order valence-corrected chi connectivity index (χ3v) is 6.48. The van der Waals surface area contributed by atoms with Crippen LogP contribution in [0.25, 0.3) is 0 Å². The first-order valence-corrected chi connectivity index (χ1v) is 8.49. The van der Waals surface area contributed by atoms with Crippen molar-refractivity contribution in [3.63, 3.8) is 0 Å². The molecule has 112 valence electrons. The standard InChI is InChI=1S/C18H28O2/c1-4-14(5-2)18(20-17(19)6-3)15-8-12-7-13(10-15)11-16(18)9-12/h6,12-16H,3-5,7-11H2,1-2H3. The van der Waals surface area contributed by atoms with Crippen LogP contribution < -0.4 is 0 Å². The second kappa shape index (κ2) is 5.20. The molecule has 4 aliphatic carbocycles. The average molecular weight is 276 g/mol. The largest absolute Gasteiger partial charge is 0.455 e. The molecule has 4 rings (SSSR count). The Morgan fingerprint density at radius 1 is 1.15 bits per heavy atom. The molecule has 20 heavy (non-hydrogen) atoms. The summed E-state index contributed by atoms with van der Waals surface area (Å²) in [4.78, 5) is 12.0. The molecule has 2 nitrogen and oxygen atoms in total. The van der Waals surface area contributed by atoms with E-state index >= 15 is 0 Å². The fourth-order valence-electron chi connectivity index (χ4n) is 5.98. The molecule has 4 bridgehead atoms. The van der Waals surface area contributed by atoms with Crippen LogP contribution in [-0.4, -0.2) is 11.6 Å². The molecule has 0 unspecified atom stereocenters. The zero-order valence-electron chi connectivity index (χ0n) is 12.9. The third-order valence-electron chi connectivity index (χ3n) is 6.48. The van der Waals surface area contributed by atoms with Gasteiger partial charge in [-0.3, -0.25) is 0 Å². The first-order chi connectivity index (χ1) is 9.63. The van der Waals surface area contributed by atoms with Crippen molar-refractivity contribution in [2.75, 3.05) is 0 Å². The molecule has 0 aromatic heterocycles. The summed E-state index contributed by atoms with van der Waals surface area (Å²) in [6.45, 7) is 8.12. The molecule has 0 aromatic rings. The minimum Gasteiger partial charge on any atom is -0.455 e. The van der Waals surface area contributed by atoms with Gasteiger partial charge in [-0.1, -0.05) is 20.4 Å². The molecule has 0 aromatic carbocycles. The molecule has 0 saturated heterocycles. The summed E-state index contributed by atoms with van der Waals surface area (Å²) in [5, 5.41) is 0. The Bertz CT molecular complexity index is 366. The van der Waals surface area contributed by atoms with Crippen molar-refractivity contribution in [3.05, 3.63) is 12.7 Å². The van der Waals surface area contributed by atoms with E-state index in [2.05, 4.69) is 20.4 Å². The van der Waals surface area contributed by atoms with Crippen LogP contribution in [0, 0.1) is 29.6 Å². The number of ether oxygens (including phenoxy) is 1. The monoisotopic (exact) mass is 276 g/mol. The Balaban J connectivity index is 1.96. The van der Waals surface area contributed by atoms with Gasteiger partial charge in [-0.05, 0) is 74.5 Å². The van der Waals surface area contributed by atoms with Crippen LogP contribution in [0.3, 0.4) is 0 Å². The highest BCUT2D eigenvalue weighted by Gasteiger charge is 2.61. The molecule has 4 aliphatic rings. The predicted octanol–water partition coefficient (Wildman–Crippen LogP) is 4.35. The van der Waals surface area contributed by atoms with Crippen LogP contribution in [0.5, 0.6) is 0 Å². The Morgan fingerprint density at radius 2 is 1.65 bits per heavy atom. The molecule has 0 spiro atoms. The van der Waals surface area contributed by atoms with E-state index in [1.54, 1.807) is 0 Å². The molecule has 0 heterocycles. The van der Waals surface area contributed by atoms with E-state index in [-0.39, 0.29) is 11.6 Å². The molecule has 0 amide bonds. The van der Waals surface area contributed by atoms with Crippen molar-refractivity contribution in [2.45, 2.75) is 64.4 Å². The summed E-state index contributed by atoms with van der Waals surface area (Å²) in [7, 11) is 0. The second-order valence-corrected chi connectivity index (χ2v) is 7.30. The van der Waals surface area contributed by atoms with Crippen molar-refractivity contribution < 1.29 is 9.53 Å². The lowest BCUT2D eigenvalue weighted by Crippen LogP contribution is -2.63. The lowest BCUT2D eigenvalue weighted by molar-refractivity contribution is -0.226. The minimum absolute atomic E-state index is 0.178. The maximum absolute atomic E-state index is 12.0. The van der Waals surface area contributed by atoms with Gasteiger partial charge < -0.3 is 4.74 Å². The lowest BCUT2D eigenvalue weighted by Gasteiger charge is -2.62. The van der Waals surface area contributed by atoms with Crippen LogP contribution in [0.2, 0.25) is 0 Å². The Morgan fingerprint density at radius 3 is 2.05 bits per heavy atom. The summed E-state index contributed by atoms with van der Waals surface area (Å²) < 4.78 is 6.15. The maximum Gasteiger partial charge on any atom is 0.330 e. The Kier molecular flexibility index (Phi) is 3.68. The highest BCUT2D eigenvalue weighted by molar-refractivity contribution is 5.81. The number of carbonyl (C=O) groups is 1. The van der Waals surface area contributed by atoms with Gasteiger partial charge in [0, 0.05) is 6.08 Å². The molecule has 0 N–H and O–H groups in total. The van der Waals surface area contributed by atoms with Crippen LogP contribution in [0.15, 0.2) is 12.7 Å². The molecule has 0 atom stereocenters. The minimum atomic E-state index is -0.204. The van der Waals surface area contributed by atoms with Crippen LogP contribution >= 0.6 is 0 Å². The van der Waals surface area contributed by atoms with Gasteiger partial charge >= 0.3 is 5.97 Å². The lowest BCUT2D eigenvalue weighted by atomic mass is 9.46. The smallest absolute Gasteiger partial charge is 0.330 e. The van der Waals surface area contributed by atoms with Gasteiger partial charge in [0.2, 0.25) is 0 Å². The highest BCUT2D eigenvalue weighted by Crippen LogP contribution is 2.62. The zero-order chi connectivity index (χ0) is 14.3. The van der Waals surface area contributed by atoms with E-state index in [0.29, 0.717) is 17.8 Å². The van der Waals surface area contributed by atoms with E-state index in [0.717, 1.165) is 24.7 Å². The van der Waals surface area contributed by atoms with Gasteiger partial charge in [0.1, 0.15) is 5.60 Å². The van der Waals surface area contributed by atoms with Gasteiger partial charge in [0.05, 0.1) is 0 Å². The van der Waals surface area contributed by atoms with Gasteiger partial charge in [-0.25, -0.2) is 4.79 Å². The van der Waals surface area contributed by atoms with Crippen LogP contribution in [-0.2, 0) is 9.53 Å². The first-order valence-electron chi connectivity index (χ1n) is 8.49. The number of carbonyl (C=O) groups excluding carboxylic acids is 1. The molecule has 0 radical (unpaired) electrons. The fraction of sp³-hybridized carbons (Fsp3) is 0.833. The molecular weight excluding hydrogens is 248 g/mol. The Hall–Kier alpha value is -0.790. The van der Waals surface area contributed by atoms with Gasteiger partial charge in [0.15, 0.2) is 0 Å². The number of hydrogen-bond donors (Lipinski definition) is 0. The molecule has 4 fully saturated rings. The van der Waals surface area contributed by atoms with Gasteiger partial charge in [-0.15, -0.1) is 0 Å². The van der Waals surface area contributed by atoms with Crippen LogP contribution in [0.1, 0.15) is 58.8 Å². The SMILES string of the molecule is C=CC(=O)OC1(C(CC)CC)C2CC3CC(C2)CC1C3. The van der Waals surface area contributed by atoms with E-state index in [9.17, 15) is 4.79 Å². The first kappa shape index (κ1) is 14.2. The van der Waals surface area contributed by atoms with Crippen molar-refractivity contribution >= 4 is 5.97 Å². The normalized spacial score (nSPS) is 42.0. The van der Waals surface area contributed by atoms with Gasteiger partial charge in [-0.2, -0.15) is 0 Å². The summed E-state index contributed by atoms with van der Waals surface area (Å²) in [6.07, 6.45) is 10.2. The molecular formula is C18H28O2. The quantitative estimate of drug-likeness (QED) is 0.551. The van der Waals surface area contributed by atoms with E-state index in [4.69, 9.17) is 4.74 Å². The van der Waals surface area contributed by atoms with Crippen molar-refractivity contribution in [2.24, 2.45) is 29.6 Å². The van der Waals surface area contributed by atoms with Crippen molar-refractivity contribution in [3.8, 4) is 0 Å². The summed E-state index contributed by atoms with van der Waals surface area (Å²) in [5.41, 5.74) is -0.178. The van der Waals surface area contributed by atoms with Crippen LogP contribution in [0.4, 0.5) is 0 Å². The average Bonchev–Trinajstić information content (AvgIpc) is 2.44. The second-order valence-electron chi connectivity index (χ2n) is 7.30. The number of hydrogen-bond acceptors (Lipinski definition) is 2. The summed E-state index contributed by atoms with van der Waals surface area (Å²) in [6, 6.07) is 0. The molecule has 0 aliphatic heterocycles. The van der Waals surface area contributed by atoms with E-state index in [1.807, 2.05) is 0 Å².